The first-order valence-corrected chi connectivity index (χ1v) is 11.8. The van der Waals surface area contributed by atoms with Crippen LogP contribution in [0.1, 0.15) is 0 Å². The summed E-state index contributed by atoms with van der Waals surface area (Å²) in [6, 6.07) is 0. The number of azide groups is 2. The second-order valence-electron chi connectivity index (χ2n) is 7.27. The number of nitrogens with zero attached hydrogens (tertiary/aromatic N) is 8. The van der Waals surface area contributed by atoms with Gasteiger partial charge < -0.3 is 28.4 Å². The zero-order valence-electron chi connectivity index (χ0n) is 20.2. The van der Waals surface area contributed by atoms with Crippen LogP contribution in [0.4, 0.5) is 0 Å². The van der Waals surface area contributed by atoms with E-state index in [9.17, 15) is 0 Å². The molecule has 14 heteroatoms. The maximum absolute atomic E-state index is 8.14. The van der Waals surface area contributed by atoms with Crippen molar-refractivity contribution in [2.75, 3.05) is 132 Å². The van der Waals surface area contributed by atoms with Gasteiger partial charge in [0.1, 0.15) is 0 Å². The first-order chi connectivity index (χ1) is 16.9. The predicted octanol–water partition coefficient (Wildman–Crippen LogP) is 1.32. The molecular formula is C20H40N8O6. The largest absolute Gasteiger partial charge is 0.379 e. The maximum atomic E-state index is 8.14. The first-order valence-electron chi connectivity index (χ1n) is 11.8. The van der Waals surface area contributed by atoms with E-state index in [4.69, 9.17) is 39.5 Å². The van der Waals surface area contributed by atoms with Crippen LogP contribution in [0, 0.1) is 0 Å². The molecule has 0 unspecified atom stereocenters. The van der Waals surface area contributed by atoms with Crippen LogP contribution < -0.4 is 0 Å². The van der Waals surface area contributed by atoms with E-state index in [1.165, 1.54) is 0 Å². The van der Waals surface area contributed by atoms with Gasteiger partial charge in [-0.3, -0.25) is 9.80 Å². The minimum absolute atomic E-state index is 0.345. The van der Waals surface area contributed by atoms with Gasteiger partial charge in [-0.05, 0) is 11.1 Å². The fourth-order valence-electron chi connectivity index (χ4n) is 3.01. The SMILES string of the molecule is [N-]=[N+]=NCCOCCOCCOCCN1CCN(CCOCCOCCOCCN=[N+]=[N-])CC1. The third-order valence-corrected chi connectivity index (χ3v) is 4.85. The van der Waals surface area contributed by atoms with Gasteiger partial charge in [-0.2, -0.15) is 0 Å². The Kier molecular flexibility index (Phi) is 21.8. The normalized spacial score (nSPS) is 14.6. The Morgan fingerprint density at radius 1 is 0.471 bits per heavy atom. The molecule has 0 aliphatic carbocycles. The van der Waals surface area contributed by atoms with Crippen molar-refractivity contribution in [1.82, 2.24) is 9.80 Å². The Bertz CT molecular complexity index is 507. The smallest absolute Gasteiger partial charge is 0.0701 e. The molecule has 1 fully saturated rings. The number of ether oxygens (including phenoxy) is 6. The lowest BCUT2D eigenvalue weighted by Gasteiger charge is -2.34. The van der Waals surface area contributed by atoms with Crippen LogP contribution in [0.2, 0.25) is 0 Å². The Morgan fingerprint density at radius 2 is 0.765 bits per heavy atom. The summed E-state index contributed by atoms with van der Waals surface area (Å²) in [5.74, 6) is 0. The minimum Gasteiger partial charge on any atom is -0.379 e. The highest BCUT2D eigenvalue weighted by Crippen LogP contribution is 2.01. The molecule has 1 aliphatic rings. The zero-order valence-corrected chi connectivity index (χ0v) is 20.2. The molecule has 0 N–H and O–H groups in total. The number of rotatable bonds is 24. The summed E-state index contributed by atoms with van der Waals surface area (Å²) in [4.78, 5) is 10.1. The Hall–Kier alpha value is -1.70. The van der Waals surface area contributed by atoms with E-state index in [0.29, 0.717) is 92.4 Å². The third kappa shape index (κ3) is 19.7. The van der Waals surface area contributed by atoms with Crippen LogP contribution >= 0.6 is 0 Å². The molecule has 34 heavy (non-hydrogen) atoms. The highest BCUT2D eigenvalue weighted by molar-refractivity contribution is 4.71. The Balaban J connectivity index is 1.79. The van der Waals surface area contributed by atoms with Gasteiger partial charge in [-0.1, -0.05) is 10.2 Å². The third-order valence-electron chi connectivity index (χ3n) is 4.85. The summed E-state index contributed by atoms with van der Waals surface area (Å²) in [6.45, 7) is 13.2. The second kappa shape index (κ2) is 24.4. The van der Waals surface area contributed by atoms with Gasteiger partial charge in [-0.25, -0.2) is 0 Å². The molecule has 0 aromatic heterocycles. The second-order valence-corrected chi connectivity index (χ2v) is 7.27. The molecule has 0 bridgehead atoms. The monoisotopic (exact) mass is 488 g/mol. The number of hydrogen-bond acceptors (Lipinski definition) is 10. The summed E-state index contributed by atoms with van der Waals surface area (Å²) >= 11 is 0. The van der Waals surface area contributed by atoms with E-state index in [2.05, 4.69) is 29.9 Å². The van der Waals surface area contributed by atoms with E-state index >= 15 is 0 Å². The van der Waals surface area contributed by atoms with Gasteiger partial charge in [0.05, 0.1) is 79.3 Å². The highest BCUT2D eigenvalue weighted by atomic mass is 16.5. The molecule has 14 nitrogen and oxygen atoms in total. The molecule has 1 aliphatic heterocycles. The average Bonchev–Trinajstić information content (AvgIpc) is 2.86. The van der Waals surface area contributed by atoms with Gasteiger partial charge in [0.25, 0.3) is 0 Å². The van der Waals surface area contributed by atoms with Crippen LogP contribution in [-0.2, 0) is 28.4 Å². The first kappa shape index (κ1) is 30.3. The van der Waals surface area contributed by atoms with E-state index in [0.717, 1.165) is 39.3 Å². The van der Waals surface area contributed by atoms with Crippen molar-refractivity contribution in [2.24, 2.45) is 10.2 Å². The summed E-state index contributed by atoms with van der Waals surface area (Å²) in [5, 5.41) is 6.77. The summed E-state index contributed by atoms with van der Waals surface area (Å²) in [5.41, 5.74) is 16.3. The summed E-state index contributed by atoms with van der Waals surface area (Å²) < 4.78 is 32.6. The van der Waals surface area contributed by atoms with Gasteiger partial charge in [-0.15, -0.1) is 0 Å². The van der Waals surface area contributed by atoms with Crippen molar-refractivity contribution in [3.63, 3.8) is 0 Å². The molecule has 0 aromatic rings. The van der Waals surface area contributed by atoms with Crippen LogP contribution in [0.15, 0.2) is 10.2 Å². The molecule has 1 rings (SSSR count). The highest BCUT2D eigenvalue weighted by Gasteiger charge is 2.16. The molecular weight excluding hydrogens is 448 g/mol. The topological polar surface area (TPSA) is 159 Å². The fourth-order valence-corrected chi connectivity index (χ4v) is 3.01. The van der Waals surface area contributed by atoms with Crippen LogP contribution in [0.3, 0.4) is 0 Å². The van der Waals surface area contributed by atoms with Crippen molar-refractivity contribution in [3.05, 3.63) is 20.9 Å². The van der Waals surface area contributed by atoms with Gasteiger partial charge in [0.15, 0.2) is 0 Å². The minimum atomic E-state index is 0.345. The van der Waals surface area contributed by atoms with Crippen molar-refractivity contribution >= 4 is 0 Å². The fraction of sp³-hybridized carbons (Fsp3) is 1.00. The van der Waals surface area contributed by atoms with Gasteiger partial charge in [0, 0.05) is 62.2 Å². The molecule has 0 saturated carbocycles. The average molecular weight is 489 g/mol. The van der Waals surface area contributed by atoms with Crippen molar-refractivity contribution in [3.8, 4) is 0 Å². The van der Waals surface area contributed by atoms with E-state index in [1.54, 1.807) is 0 Å². The quantitative estimate of drug-likeness (QED) is 0.0851. The van der Waals surface area contributed by atoms with Crippen molar-refractivity contribution in [2.45, 2.75) is 0 Å². The van der Waals surface area contributed by atoms with E-state index in [1.807, 2.05) is 0 Å². The molecule has 1 heterocycles. The van der Waals surface area contributed by atoms with Gasteiger partial charge in [0.2, 0.25) is 0 Å². The maximum Gasteiger partial charge on any atom is 0.0701 e. The zero-order chi connectivity index (χ0) is 24.4. The lowest BCUT2D eigenvalue weighted by atomic mass is 10.3. The van der Waals surface area contributed by atoms with Gasteiger partial charge >= 0.3 is 0 Å². The number of hydrogen-bond donors (Lipinski definition) is 0. The standard InChI is InChI=1S/C20H40N8O6/c21-25-23-1-9-29-13-17-33-19-15-31-11-7-27-3-5-28(6-4-27)8-12-32-16-20-34-18-14-30-10-2-24-26-22/h1-20H2. The van der Waals surface area contributed by atoms with Crippen molar-refractivity contribution in [1.29, 1.82) is 0 Å². The summed E-state index contributed by atoms with van der Waals surface area (Å²) in [7, 11) is 0. The van der Waals surface area contributed by atoms with Crippen LogP contribution in [0.5, 0.6) is 0 Å². The molecule has 0 atom stereocenters. The van der Waals surface area contributed by atoms with E-state index < -0.39 is 0 Å². The van der Waals surface area contributed by atoms with Crippen molar-refractivity contribution < 1.29 is 28.4 Å². The Morgan fingerprint density at radius 3 is 1.09 bits per heavy atom. The molecule has 0 radical (unpaired) electrons. The molecule has 1 saturated heterocycles. The molecule has 0 amide bonds. The summed E-state index contributed by atoms with van der Waals surface area (Å²) in [6.07, 6.45) is 0. The molecule has 0 aromatic carbocycles. The Labute approximate surface area is 201 Å². The molecule has 0 spiro atoms. The lowest BCUT2D eigenvalue weighted by molar-refractivity contribution is 0.00326. The molecule has 196 valence electrons. The van der Waals surface area contributed by atoms with Crippen LogP contribution in [0.25, 0.3) is 20.9 Å². The van der Waals surface area contributed by atoms with E-state index in [-0.39, 0.29) is 0 Å². The van der Waals surface area contributed by atoms with Crippen LogP contribution in [-0.4, -0.2) is 141 Å². The lowest BCUT2D eigenvalue weighted by Crippen LogP contribution is -2.48. The number of piperazine rings is 1. The predicted molar refractivity (Wildman–Crippen MR) is 126 cm³/mol.